The monoisotopic (exact) mass is 358 g/mol. The van der Waals surface area contributed by atoms with Crippen molar-refractivity contribution < 1.29 is 10.0 Å². The Bertz CT molecular complexity index is 770. The van der Waals surface area contributed by atoms with E-state index >= 15 is 0 Å². The highest BCUT2D eigenvalue weighted by Gasteiger charge is 2.26. The van der Waals surface area contributed by atoms with Crippen molar-refractivity contribution in [2.45, 2.75) is 59.1 Å². The number of anilines is 1. The summed E-state index contributed by atoms with van der Waals surface area (Å²) < 4.78 is 2.38. The van der Waals surface area contributed by atoms with Gasteiger partial charge in [-0.05, 0) is 55.3 Å². The minimum absolute atomic E-state index is 0.0135. The fourth-order valence-corrected chi connectivity index (χ4v) is 3.58. The van der Waals surface area contributed by atoms with E-state index in [4.69, 9.17) is 9.82 Å². The molecule has 1 saturated carbocycles. The molecule has 0 spiro atoms. The minimum Gasteiger partial charge on any atom is -0.328 e. The lowest BCUT2D eigenvalue weighted by Gasteiger charge is -2.20. The molecule has 6 heteroatoms. The highest BCUT2D eigenvalue weighted by molar-refractivity contribution is 5.80. The first-order valence-electron chi connectivity index (χ1n) is 9.75. The molecule has 2 aromatic rings. The molecule has 1 unspecified atom stereocenters. The molecule has 1 aromatic heterocycles. The normalized spacial score (nSPS) is 20.8. The summed E-state index contributed by atoms with van der Waals surface area (Å²) >= 11 is 0. The summed E-state index contributed by atoms with van der Waals surface area (Å²) in [5.74, 6) is 1.93. The van der Waals surface area contributed by atoms with Gasteiger partial charge in [0, 0.05) is 19.5 Å². The molecule has 1 aliphatic heterocycles. The SMILES string of the molecule is CC(C)(C)Cc1nc2cc(N(O)OC3CCNC3)ccc2n1CC1CC1. The van der Waals surface area contributed by atoms with E-state index in [-0.39, 0.29) is 11.5 Å². The van der Waals surface area contributed by atoms with Crippen molar-refractivity contribution in [2.24, 2.45) is 11.3 Å². The van der Waals surface area contributed by atoms with E-state index in [1.165, 1.54) is 12.8 Å². The molecule has 2 heterocycles. The van der Waals surface area contributed by atoms with Crippen molar-refractivity contribution in [1.82, 2.24) is 14.9 Å². The number of benzene rings is 1. The van der Waals surface area contributed by atoms with Crippen LogP contribution in [0.5, 0.6) is 0 Å². The van der Waals surface area contributed by atoms with E-state index in [0.29, 0.717) is 5.69 Å². The molecule has 0 amide bonds. The molecule has 2 fully saturated rings. The molecule has 1 saturated heterocycles. The van der Waals surface area contributed by atoms with Crippen molar-refractivity contribution in [1.29, 1.82) is 0 Å². The first-order chi connectivity index (χ1) is 12.4. The maximum absolute atomic E-state index is 10.3. The van der Waals surface area contributed by atoms with Crippen molar-refractivity contribution >= 4 is 16.7 Å². The van der Waals surface area contributed by atoms with Crippen LogP contribution >= 0.6 is 0 Å². The summed E-state index contributed by atoms with van der Waals surface area (Å²) in [6.45, 7) is 9.49. The van der Waals surface area contributed by atoms with E-state index in [9.17, 15) is 5.21 Å². The van der Waals surface area contributed by atoms with E-state index in [0.717, 1.165) is 60.5 Å². The summed E-state index contributed by atoms with van der Waals surface area (Å²) in [5.41, 5.74) is 2.89. The lowest BCUT2D eigenvalue weighted by molar-refractivity contribution is -0.0767. The third-order valence-corrected chi connectivity index (χ3v) is 5.12. The molecule has 6 nitrogen and oxygen atoms in total. The highest BCUT2D eigenvalue weighted by atomic mass is 16.9. The van der Waals surface area contributed by atoms with E-state index < -0.39 is 0 Å². The van der Waals surface area contributed by atoms with Crippen LogP contribution in [0.3, 0.4) is 0 Å². The number of rotatable bonds is 6. The molecule has 142 valence electrons. The summed E-state index contributed by atoms with van der Waals surface area (Å²) in [4.78, 5) is 10.5. The van der Waals surface area contributed by atoms with Gasteiger partial charge in [0.05, 0.1) is 16.7 Å². The first-order valence-corrected chi connectivity index (χ1v) is 9.75. The molecule has 0 radical (unpaired) electrons. The van der Waals surface area contributed by atoms with Crippen molar-refractivity contribution in [2.75, 3.05) is 18.3 Å². The lowest BCUT2D eigenvalue weighted by Crippen LogP contribution is -2.28. The molecule has 26 heavy (non-hydrogen) atoms. The molecule has 4 rings (SSSR count). The van der Waals surface area contributed by atoms with Gasteiger partial charge in [-0.3, -0.25) is 5.21 Å². The summed E-state index contributed by atoms with van der Waals surface area (Å²) in [6.07, 6.45) is 4.50. The van der Waals surface area contributed by atoms with Crippen LogP contribution in [0.25, 0.3) is 11.0 Å². The smallest absolute Gasteiger partial charge is 0.110 e. The van der Waals surface area contributed by atoms with Crippen molar-refractivity contribution in [3.8, 4) is 0 Å². The number of hydrogen-bond donors (Lipinski definition) is 2. The van der Waals surface area contributed by atoms with Crippen molar-refractivity contribution in [3.63, 3.8) is 0 Å². The Hall–Kier alpha value is -1.63. The maximum atomic E-state index is 10.3. The summed E-state index contributed by atoms with van der Waals surface area (Å²) in [5, 5.41) is 14.4. The third-order valence-electron chi connectivity index (χ3n) is 5.12. The zero-order chi connectivity index (χ0) is 18.3. The maximum Gasteiger partial charge on any atom is 0.110 e. The van der Waals surface area contributed by atoms with Crippen LogP contribution in [0.2, 0.25) is 0 Å². The topological polar surface area (TPSA) is 62.6 Å². The van der Waals surface area contributed by atoms with Gasteiger partial charge in [0.2, 0.25) is 0 Å². The zero-order valence-electron chi connectivity index (χ0n) is 16.0. The van der Waals surface area contributed by atoms with Crippen LogP contribution in [0.1, 0.15) is 45.9 Å². The van der Waals surface area contributed by atoms with Crippen LogP contribution in [0.4, 0.5) is 5.69 Å². The van der Waals surface area contributed by atoms with Gasteiger partial charge in [0.15, 0.2) is 0 Å². The second-order valence-electron chi connectivity index (χ2n) is 8.99. The predicted molar refractivity (Wildman–Crippen MR) is 102 cm³/mol. The second-order valence-corrected chi connectivity index (χ2v) is 8.99. The highest BCUT2D eigenvalue weighted by Crippen LogP contribution is 2.34. The number of nitrogens with one attached hydrogen (secondary N) is 1. The number of nitrogens with zero attached hydrogens (tertiary/aromatic N) is 3. The van der Waals surface area contributed by atoms with Gasteiger partial charge in [-0.25, -0.2) is 9.82 Å². The Morgan fingerprint density at radius 3 is 2.77 bits per heavy atom. The number of aromatic nitrogens is 2. The molecule has 1 aromatic carbocycles. The molecular weight excluding hydrogens is 328 g/mol. The molecule has 2 aliphatic rings. The summed E-state index contributed by atoms with van der Waals surface area (Å²) in [7, 11) is 0. The van der Waals surface area contributed by atoms with Gasteiger partial charge in [0.25, 0.3) is 0 Å². The largest absolute Gasteiger partial charge is 0.328 e. The Morgan fingerprint density at radius 2 is 2.12 bits per heavy atom. The Balaban J connectivity index is 1.62. The fourth-order valence-electron chi connectivity index (χ4n) is 3.58. The van der Waals surface area contributed by atoms with Crippen LogP contribution in [-0.2, 0) is 17.8 Å². The molecule has 0 bridgehead atoms. The Labute approximate surface area is 155 Å². The quantitative estimate of drug-likeness (QED) is 0.774. The number of hydrogen-bond acceptors (Lipinski definition) is 5. The second kappa shape index (κ2) is 6.83. The fraction of sp³-hybridized carbons (Fsp3) is 0.650. The summed E-state index contributed by atoms with van der Waals surface area (Å²) in [6, 6.07) is 5.90. The molecule has 1 atom stereocenters. The minimum atomic E-state index is 0.0135. The van der Waals surface area contributed by atoms with Gasteiger partial charge >= 0.3 is 0 Å². The van der Waals surface area contributed by atoms with E-state index in [1.807, 2.05) is 12.1 Å². The van der Waals surface area contributed by atoms with Gasteiger partial charge < -0.3 is 9.88 Å². The predicted octanol–water partition coefficient (Wildman–Crippen LogP) is 3.52. The average Bonchev–Trinajstić information content (AvgIpc) is 3.13. The molecule has 1 aliphatic carbocycles. The van der Waals surface area contributed by atoms with Gasteiger partial charge in [-0.2, -0.15) is 0 Å². The number of imidazole rings is 1. The lowest BCUT2D eigenvalue weighted by atomic mass is 9.92. The van der Waals surface area contributed by atoms with Crippen LogP contribution < -0.4 is 10.5 Å². The Morgan fingerprint density at radius 1 is 1.31 bits per heavy atom. The third kappa shape index (κ3) is 4.03. The standard InChI is InChI=1S/C20H30N4O2/c1-20(2,3)11-19-22-17-10-15(24(25)26-16-8-9-21-12-16)6-7-18(17)23(19)13-14-4-5-14/h6-7,10,14,16,21,25H,4-5,8-9,11-13H2,1-3H3. The van der Waals surface area contributed by atoms with Gasteiger partial charge in [-0.1, -0.05) is 20.8 Å². The van der Waals surface area contributed by atoms with Crippen LogP contribution in [-0.4, -0.2) is 34.0 Å². The van der Waals surface area contributed by atoms with Gasteiger partial charge in [-0.15, -0.1) is 5.23 Å². The first kappa shape index (κ1) is 17.8. The average molecular weight is 358 g/mol. The van der Waals surface area contributed by atoms with Crippen LogP contribution in [0, 0.1) is 11.3 Å². The van der Waals surface area contributed by atoms with Crippen molar-refractivity contribution in [3.05, 3.63) is 24.0 Å². The van der Waals surface area contributed by atoms with Crippen LogP contribution in [0.15, 0.2) is 18.2 Å². The Kier molecular flexibility index (Phi) is 4.67. The molecule has 2 N–H and O–H groups in total. The van der Waals surface area contributed by atoms with E-state index in [2.05, 4.69) is 36.7 Å². The van der Waals surface area contributed by atoms with Gasteiger partial charge in [0.1, 0.15) is 11.9 Å². The molecular formula is C20H30N4O2. The zero-order valence-corrected chi connectivity index (χ0v) is 16.0. The van der Waals surface area contributed by atoms with E-state index in [1.54, 1.807) is 0 Å². The number of fused-ring (bicyclic) bond motifs is 1.